The van der Waals surface area contributed by atoms with Gasteiger partial charge >= 0.3 is 0 Å². The molecule has 0 atom stereocenters. The van der Waals surface area contributed by atoms with Gasteiger partial charge in [-0.1, -0.05) is 38.1 Å². The number of sulfonamides is 1. The predicted molar refractivity (Wildman–Crippen MR) is 123 cm³/mol. The van der Waals surface area contributed by atoms with Crippen molar-refractivity contribution in [2.45, 2.75) is 44.9 Å². The fraction of sp³-hybridized carbons (Fsp3) is 0.292. The van der Waals surface area contributed by atoms with Crippen LogP contribution in [0.5, 0.6) is 0 Å². The van der Waals surface area contributed by atoms with Crippen LogP contribution < -0.4 is 10.5 Å². The number of nitrogens with one attached hydrogen (secondary N) is 1. The molecule has 1 aromatic heterocycles. The Morgan fingerprint density at radius 2 is 1.65 bits per heavy atom. The predicted octanol–water partition coefficient (Wildman–Crippen LogP) is 3.84. The van der Waals surface area contributed by atoms with Gasteiger partial charge in [0.25, 0.3) is 5.91 Å². The van der Waals surface area contributed by atoms with Crippen molar-refractivity contribution in [2.24, 2.45) is 5.14 Å². The number of aryl methyl sites for hydroxylation is 1. The van der Waals surface area contributed by atoms with Crippen molar-refractivity contribution < 1.29 is 13.2 Å². The first kappa shape index (κ1) is 22.8. The molecule has 0 fully saturated rings. The Morgan fingerprint density at radius 1 is 1.03 bits per heavy atom. The van der Waals surface area contributed by atoms with Crippen molar-refractivity contribution >= 4 is 15.9 Å². The molecule has 0 aliphatic rings. The number of hydrogen-bond acceptors (Lipinski definition) is 3. The summed E-state index contributed by atoms with van der Waals surface area (Å²) in [4.78, 5) is 12.8. The second-order valence-electron chi connectivity index (χ2n) is 8.06. The maximum Gasteiger partial charge on any atom is 0.253 e. The molecule has 6 nitrogen and oxygen atoms in total. The molecule has 1 amide bonds. The van der Waals surface area contributed by atoms with Crippen LogP contribution in [0.25, 0.3) is 5.69 Å². The van der Waals surface area contributed by atoms with Gasteiger partial charge in [-0.15, -0.1) is 0 Å². The highest BCUT2D eigenvalue weighted by molar-refractivity contribution is 7.89. The van der Waals surface area contributed by atoms with E-state index in [-0.39, 0.29) is 10.8 Å². The molecule has 0 aliphatic carbocycles. The van der Waals surface area contributed by atoms with E-state index in [2.05, 4.69) is 48.0 Å². The Hall–Kier alpha value is -2.90. The normalized spacial score (nSPS) is 11.7. The monoisotopic (exact) mass is 439 g/mol. The van der Waals surface area contributed by atoms with E-state index >= 15 is 0 Å². The summed E-state index contributed by atoms with van der Waals surface area (Å²) in [5, 5.41) is 8.07. The maximum atomic E-state index is 12.8. The number of rotatable bonds is 7. The van der Waals surface area contributed by atoms with Crippen molar-refractivity contribution in [1.29, 1.82) is 0 Å². The Bertz CT molecular complexity index is 1180. The number of benzene rings is 2. The SMILES string of the molecule is Cc1cc(C(=O)NCCc2ccc(S(N)(=O)=O)cc2)c(C)n1-c1ccc(C(C)C)cc1. The summed E-state index contributed by atoms with van der Waals surface area (Å²) in [7, 11) is -3.70. The van der Waals surface area contributed by atoms with Gasteiger partial charge in [-0.2, -0.15) is 0 Å². The Labute approximate surface area is 184 Å². The van der Waals surface area contributed by atoms with E-state index in [0.29, 0.717) is 24.4 Å². The third-order valence-electron chi connectivity index (χ3n) is 5.44. The molecule has 0 unspecified atom stereocenters. The zero-order valence-electron chi connectivity index (χ0n) is 18.3. The van der Waals surface area contributed by atoms with Crippen molar-refractivity contribution in [2.75, 3.05) is 6.54 Å². The lowest BCUT2D eigenvalue weighted by atomic mass is 10.0. The van der Waals surface area contributed by atoms with Crippen LogP contribution in [0.2, 0.25) is 0 Å². The van der Waals surface area contributed by atoms with Crippen LogP contribution in [0.1, 0.15) is 52.6 Å². The fourth-order valence-corrected chi connectivity index (χ4v) is 4.18. The van der Waals surface area contributed by atoms with E-state index in [0.717, 1.165) is 22.6 Å². The molecule has 0 bridgehead atoms. The molecule has 0 saturated carbocycles. The smallest absolute Gasteiger partial charge is 0.253 e. The molecular weight excluding hydrogens is 410 g/mol. The molecule has 3 N–H and O–H groups in total. The molecule has 31 heavy (non-hydrogen) atoms. The first-order chi connectivity index (χ1) is 14.6. The first-order valence-electron chi connectivity index (χ1n) is 10.3. The van der Waals surface area contributed by atoms with Gasteiger partial charge < -0.3 is 9.88 Å². The topological polar surface area (TPSA) is 94.2 Å². The number of hydrogen-bond donors (Lipinski definition) is 2. The number of carbonyl (C=O) groups is 1. The minimum atomic E-state index is -3.70. The Morgan fingerprint density at radius 3 is 2.19 bits per heavy atom. The maximum absolute atomic E-state index is 12.8. The summed E-state index contributed by atoms with van der Waals surface area (Å²) < 4.78 is 24.8. The number of amides is 1. The van der Waals surface area contributed by atoms with Crippen LogP contribution in [0.3, 0.4) is 0 Å². The quantitative estimate of drug-likeness (QED) is 0.586. The first-order valence-corrected chi connectivity index (χ1v) is 11.8. The third kappa shape index (κ3) is 5.24. The zero-order chi connectivity index (χ0) is 22.8. The van der Waals surface area contributed by atoms with Gasteiger partial charge in [-0.3, -0.25) is 4.79 Å². The molecule has 7 heteroatoms. The van der Waals surface area contributed by atoms with Crippen LogP contribution in [0, 0.1) is 13.8 Å². The molecule has 0 radical (unpaired) electrons. The summed E-state index contributed by atoms with van der Waals surface area (Å²) in [5.41, 5.74) is 5.77. The average molecular weight is 440 g/mol. The Kier molecular flexibility index (Phi) is 6.67. The van der Waals surface area contributed by atoms with Gasteiger partial charge in [-0.05, 0) is 67.6 Å². The molecule has 0 saturated heterocycles. The van der Waals surface area contributed by atoms with Crippen LogP contribution in [0.4, 0.5) is 0 Å². The molecule has 2 aromatic carbocycles. The fourth-order valence-electron chi connectivity index (χ4n) is 3.66. The molecule has 1 heterocycles. The second kappa shape index (κ2) is 9.08. The van der Waals surface area contributed by atoms with Gasteiger partial charge in [0.2, 0.25) is 10.0 Å². The van der Waals surface area contributed by atoms with E-state index in [1.54, 1.807) is 12.1 Å². The summed E-state index contributed by atoms with van der Waals surface area (Å²) in [6.45, 7) is 8.72. The molecule has 3 aromatic rings. The van der Waals surface area contributed by atoms with Crippen molar-refractivity contribution in [3.8, 4) is 5.69 Å². The van der Waals surface area contributed by atoms with Crippen molar-refractivity contribution in [1.82, 2.24) is 9.88 Å². The van der Waals surface area contributed by atoms with Crippen molar-refractivity contribution in [3.05, 3.63) is 82.7 Å². The highest BCUT2D eigenvalue weighted by Crippen LogP contribution is 2.23. The number of primary sulfonamides is 1. The lowest BCUT2D eigenvalue weighted by molar-refractivity contribution is 0.0953. The molecular formula is C24H29N3O3S. The van der Waals surface area contributed by atoms with Crippen LogP contribution >= 0.6 is 0 Å². The number of aromatic nitrogens is 1. The van der Waals surface area contributed by atoms with Crippen LogP contribution in [-0.2, 0) is 16.4 Å². The molecule has 164 valence electrons. The van der Waals surface area contributed by atoms with E-state index in [4.69, 9.17) is 5.14 Å². The van der Waals surface area contributed by atoms with Gasteiger partial charge in [0.1, 0.15) is 0 Å². The number of nitrogens with zero attached hydrogens (tertiary/aromatic N) is 1. The molecule has 0 aliphatic heterocycles. The summed E-state index contributed by atoms with van der Waals surface area (Å²) >= 11 is 0. The van der Waals surface area contributed by atoms with E-state index < -0.39 is 10.0 Å². The Balaban J connectivity index is 1.68. The highest BCUT2D eigenvalue weighted by Gasteiger charge is 2.16. The lowest BCUT2D eigenvalue weighted by Crippen LogP contribution is -2.26. The van der Waals surface area contributed by atoms with E-state index in [1.165, 1.54) is 17.7 Å². The average Bonchev–Trinajstić information content (AvgIpc) is 3.02. The summed E-state index contributed by atoms with van der Waals surface area (Å²) in [5.74, 6) is 0.345. The molecule has 3 rings (SSSR count). The van der Waals surface area contributed by atoms with E-state index in [9.17, 15) is 13.2 Å². The van der Waals surface area contributed by atoms with Crippen LogP contribution in [0.15, 0.2) is 59.5 Å². The minimum Gasteiger partial charge on any atom is -0.352 e. The largest absolute Gasteiger partial charge is 0.352 e. The zero-order valence-corrected chi connectivity index (χ0v) is 19.2. The highest BCUT2D eigenvalue weighted by atomic mass is 32.2. The number of nitrogens with two attached hydrogens (primary N) is 1. The van der Waals surface area contributed by atoms with Gasteiger partial charge in [0.05, 0.1) is 10.5 Å². The van der Waals surface area contributed by atoms with E-state index in [1.807, 2.05) is 19.9 Å². The van der Waals surface area contributed by atoms with Gasteiger partial charge in [0.15, 0.2) is 0 Å². The summed E-state index contributed by atoms with van der Waals surface area (Å²) in [6, 6.07) is 16.7. The lowest BCUT2D eigenvalue weighted by Gasteiger charge is -2.12. The molecule has 0 spiro atoms. The van der Waals surface area contributed by atoms with Gasteiger partial charge in [-0.25, -0.2) is 13.6 Å². The third-order valence-corrected chi connectivity index (χ3v) is 6.37. The van der Waals surface area contributed by atoms with Crippen LogP contribution in [-0.4, -0.2) is 25.4 Å². The standard InChI is InChI=1S/C24H29N3O3S/c1-16(2)20-7-9-21(10-8-20)27-17(3)15-23(18(27)4)24(28)26-14-13-19-5-11-22(12-6-19)31(25,29)30/h5-12,15-16H,13-14H2,1-4H3,(H,26,28)(H2,25,29,30). The van der Waals surface area contributed by atoms with Gasteiger partial charge in [0, 0.05) is 23.6 Å². The number of carbonyl (C=O) groups excluding carboxylic acids is 1. The summed E-state index contributed by atoms with van der Waals surface area (Å²) in [6.07, 6.45) is 0.589. The minimum absolute atomic E-state index is 0.0779. The van der Waals surface area contributed by atoms with Crippen molar-refractivity contribution in [3.63, 3.8) is 0 Å². The second-order valence-corrected chi connectivity index (χ2v) is 9.62.